The molecule has 1 aromatic heterocycles. The number of aromatic nitrogens is 1. The lowest BCUT2D eigenvalue weighted by Gasteiger charge is -2.19. The van der Waals surface area contributed by atoms with E-state index >= 15 is 0 Å². The van der Waals surface area contributed by atoms with Crippen LogP contribution in [0.2, 0.25) is 0 Å². The number of nitrogens with zero attached hydrogens (tertiary/aromatic N) is 1. The molecule has 0 spiro atoms. The largest absolute Gasteiger partial charge is 0.486 e. The summed E-state index contributed by atoms with van der Waals surface area (Å²) in [5.41, 5.74) is 1.37. The molecule has 2 heterocycles. The standard InChI is InChI=1S/C18H18N2O4S3/c1-11(2)25-18-19-14-5-3-12(9-17(14)26-18)20-27(21,22)13-4-6-15-16(10-13)24-8-7-23-15/h3-6,9-11,20H,7-8H2,1-2H3. The monoisotopic (exact) mass is 422 g/mol. The number of ether oxygens (including phenoxy) is 2. The molecule has 0 aliphatic carbocycles. The molecule has 3 aromatic rings. The van der Waals surface area contributed by atoms with Crippen molar-refractivity contribution in [2.75, 3.05) is 17.9 Å². The van der Waals surface area contributed by atoms with Crippen LogP contribution < -0.4 is 14.2 Å². The van der Waals surface area contributed by atoms with Gasteiger partial charge in [0.15, 0.2) is 15.8 Å². The maximum Gasteiger partial charge on any atom is 0.262 e. The van der Waals surface area contributed by atoms with Gasteiger partial charge in [-0.25, -0.2) is 13.4 Å². The molecule has 0 amide bonds. The number of hydrogen-bond donors (Lipinski definition) is 1. The zero-order valence-corrected chi connectivity index (χ0v) is 17.2. The molecule has 0 fully saturated rings. The van der Waals surface area contributed by atoms with Crippen molar-refractivity contribution in [3.05, 3.63) is 36.4 Å². The van der Waals surface area contributed by atoms with E-state index in [9.17, 15) is 8.42 Å². The summed E-state index contributed by atoms with van der Waals surface area (Å²) >= 11 is 3.26. The number of anilines is 1. The average Bonchev–Trinajstić information content (AvgIpc) is 3.01. The van der Waals surface area contributed by atoms with Crippen LogP contribution >= 0.6 is 23.1 Å². The van der Waals surface area contributed by atoms with Gasteiger partial charge in [0.25, 0.3) is 10.0 Å². The van der Waals surface area contributed by atoms with E-state index in [1.54, 1.807) is 35.2 Å². The minimum absolute atomic E-state index is 0.132. The summed E-state index contributed by atoms with van der Waals surface area (Å²) < 4.78 is 41.0. The SMILES string of the molecule is CC(C)Sc1nc2ccc(NS(=O)(=O)c3ccc4c(c3)OCCO4)cc2s1. The van der Waals surface area contributed by atoms with Crippen LogP contribution in [0.25, 0.3) is 10.2 Å². The van der Waals surface area contributed by atoms with Crippen molar-refractivity contribution >= 4 is 49.0 Å². The van der Waals surface area contributed by atoms with Crippen LogP contribution in [-0.4, -0.2) is 31.9 Å². The highest BCUT2D eigenvalue weighted by Gasteiger charge is 2.20. The van der Waals surface area contributed by atoms with Gasteiger partial charge in [0, 0.05) is 11.3 Å². The number of thiazole rings is 1. The predicted molar refractivity (Wildman–Crippen MR) is 109 cm³/mol. The molecule has 2 aromatic carbocycles. The Morgan fingerprint density at radius 3 is 2.67 bits per heavy atom. The average molecular weight is 423 g/mol. The summed E-state index contributed by atoms with van der Waals surface area (Å²) in [4.78, 5) is 4.70. The molecule has 1 aliphatic rings. The number of nitrogens with one attached hydrogen (secondary N) is 1. The number of thioether (sulfide) groups is 1. The molecule has 0 bridgehead atoms. The number of fused-ring (bicyclic) bond motifs is 2. The molecule has 6 nitrogen and oxygen atoms in total. The normalized spacial score (nSPS) is 13.9. The highest BCUT2D eigenvalue weighted by atomic mass is 32.2. The van der Waals surface area contributed by atoms with Crippen LogP contribution in [0.15, 0.2) is 45.6 Å². The van der Waals surface area contributed by atoms with E-state index in [4.69, 9.17) is 9.47 Å². The van der Waals surface area contributed by atoms with Crippen LogP contribution in [0.1, 0.15) is 13.8 Å². The first kappa shape index (κ1) is 18.4. The molecule has 4 rings (SSSR count). The van der Waals surface area contributed by atoms with Crippen molar-refractivity contribution in [2.45, 2.75) is 28.3 Å². The third kappa shape index (κ3) is 3.99. The number of rotatable bonds is 5. The summed E-state index contributed by atoms with van der Waals surface area (Å²) in [6.07, 6.45) is 0. The molecule has 1 aliphatic heterocycles. The van der Waals surface area contributed by atoms with E-state index in [1.165, 1.54) is 12.1 Å². The van der Waals surface area contributed by atoms with E-state index in [0.29, 0.717) is 35.7 Å². The van der Waals surface area contributed by atoms with E-state index in [-0.39, 0.29) is 4.90 Å². The van der Waals surface area contributed by atoms with Crippen molar-refractivity contribution in [1.29, 1.82) is 0 Å². The van der Waals surface area contributed by atoms with E-state index in [2.05, 4.69) is 23.6 Å². The van der Waals surface area contributed by atoms with Gasteiger partial charge in [-0.05, 0) is 30.3 Å². The van der Waals surface area contributed by atoms with Crippen molar-refractivity contribution in [1.82, 2.24) is 4.98 Å². The lowest BCUT2D eigenvalue weighted by atomic mass is 10.3. The van der Waals surface area contributed by atoms with Crippen LogP contribution in [0.3, 0.4) is 0 Å². The Kier molecular flexibility index (Phi) is 4.92. The zero-order chi connectivity index (χ0) is 19.0. The maximum atomic E-state index is 12.8. The second-order valence-electron chi connectivity index (χ2n) is 6.24. The summed E-state index contributed by atoms with van der Waals surface area (Å²) in [5, 5.41) is 0.443. The van der Waals surface area contributed by atoms with Crippen LogP contribution in [0.5, 0.6) is 11.5 Å². The first-order valence-electron chi connectivity index (χ1n) is 8.40. The fourth-order valence-electron chi connectivity index (χ4n) is 2.62. The maximum absolute atomic E-state index is 12.8. The minimum Gasteiger partial charge on any atom is -0.486 e. The zero-order valence-electron chi connectivity index (χ0n) is 14.8. The molecule has 142 valence electrons. The molecule has 9 heteroatoms. The molecule has 0 atom stereocenters. The van der Waals surface area contributed by atoms with Crippen molar-refractivity contribution in [2.24, 2.45) is 0 Å². The Morgan fingerprint density at radius 1 is 1.11 bits per heavy atom. The van der Waals surface area contributed by atoms with Crippen LogP contribution in [-0.2, 0) is 10.0 Å². The summed E-state index contributed by atoms with van der Waals surface area (Å²) in [7, 11) is -3.73. The van der Waals surface area contributed by atoms with Crippen molar-refractivity contribution in [3.8, 4) is 11.5 Å². The van der Waals surface area contributed by atoms with Gasteiger partial charge >= 0.3 is 0 Å². The van der Waals surface area contributed by atoms with Gasteiger partial charge in [0.05, 0.1) is 20.8 Å². The molecular formula is C18H18N2O4S3. The highest BCUT2D eigenvalue weighted by Crippen LogP contribution is 2.35. The third-order valence-electron chi connectivity index (χ3n) is 3.78. The fourth-order valence-corrected chi connectivity index (χ4v) is 6.02. The van der Waals surface area contributed by atoms with Gasteiger partial charge in [-0.3, -0.25) is 4.72 Å². The molecule has 1 N–H and O–H groups in total. The van der Waals surface area contributed by atoms with Crippen LogP contribution in [0, 0.1) is 0 Å². The highest BCUT2D eigenvalue weighted by molar-refractivity contribution is 8.01. The molecule has 0 saturated carbocycles. The summed E-state index contributed by atoms with van der Waals surface area (Å²) in [6, 6.07) is 9.98. The van der Waals surface area contributed by atoms with Crippen molar-refractivity contribution in [3.63, 3.8) is 0 Å². The Bertz CT molecular complexity index is 1090. The van der Waals surface area contributed by atoms with Gasteiger partial charge in [0.1, 0.15) is 13.2 Å². The molecule has 27 heavy (non-hydrogen) atoms. The Labute approximate surface area is 166 Å². The van der Waals surface area contributed by atoms with Gasteiger partial charge in [0.2, 0.25) is 0 Å². The van der Waals surface area contributed by atoms with Gasteiger partial charge < -0.3 is 9.47 Å². The minimum atomic E-state index is -3.73. The molecule has 0 saturated heterocycles. The first-order chi connectivity index (χ1) is 12.9. The topological polar surface area (TPSA) is 77.5 Å². The lowest BCUT2D eigenvalue weighted by molar-refractivity contribution is 0.171. The molecule has 0 radical (unpaired) electrons. The third-order valence-corrected chi connectivity index (χ3v) is 7.28. The summed E-state index contributed by atoms with van der Waals surface area (Å²) in [6.45, 7) is 5.10. The number of sulfonamides is 1. The van der Waals surface area contributed by atoms with Gasteiger partial charge in [-0.2, -0.15) is 0 Å². The second kappa shape index (κ2) is 7.21. The molecular weight excluding hydrogens is 404 g/mol. The lowest BCUT2D eigenvalue weighted by Crippen LogP contribution is -2.17. The van der Waals surface area contributed by atoms with Crippen molar-refractivity contribution < 1.29 is 17.9 Å². The quantitative estimate of drug-likeness (QED) is 0.615. The van der Waals surface area contributed by atoms with Gasteiger partial charge in [-0.1, -0.05) is 25.6 Å². The number of hydrogen-bond acceptors (Lipinski definition) is 7. The second-order valence-corrected chi connectivity index (χ2v) is 10.8. The van der Waals surface area contributed by atoms with E-state index in [1.807, 2.05) is 12.1 Å². The predicted octanol–water partition coefficient (Wildman–Crippen LogP) is 4.37. The molecule has 0 unspecified atom stereocenters. The Balaban J connectivity index is 1.60. The number of benzene rings is 2. The fraction of sp³-hybridized carbons (Fsp3) is 0.278. The summed E-state index contributed by atoms with van der Waals surface area (Å²) in [5.74, 6) is 0.999. The Hall–Kier alpha value is -1.97. The smallest absolute Gasteiger partial charge is 0.262 e. The Morgan fingerprint density at radius 2 is 1.89 bits per heavy atom. The van der Waals surface area contributed by atoms with E-state index in [0.717, 1.165) is 14.6 Å². The van der Waals surface area contributed by atoms with E-state index < -0.39 is 10.0 Å². The van der Waals surface area contributed by atoms with Gasteiger partial charge in [-0.15, -0.1) is 11.3 Å². The first-order valence-corrected chi connectivity index (χ1v) is 11.6. The van der Waals surface area contributed by atoms with Crippen LogP contribution in [0.4, 0.5) is 5.69 Å².